The van der Waals surface area contributed by atoms with Gasteiger partial charge in [0.05, 0.1) is 19.8 Å². The molecule has 1 fully saturated rings. The molecule has 0 aromatic heterocycles. The average Bonchev–Trinajstić information content (AvgIpc) is 2.76. The van der Waals surface area contributed by atoms with Crippen molar-refractivity contribution in [3.8, 4) is 17.2 Å². The lowest BCUT2D eigenvalue weighted by molar-refractivity contribution is -0.128. The molecule has 2 aromatic carbocycles. The molecule has 2 amide bonds. The van der Waals surface area contributed by atoms with E-state index in [1.165, 1.54) is 4.90 Å². The third-order valence-electron chi connectivity index (χ3n) is 4.83. The van der Waals surface area contributed by atoms with E-state index in [1.807, 2.05) is 20.8 Å². The van der Waals surface area contributed by atoms with Crippen LogP contribution in [0.5, 0.6) is 17.2 Å². The maximum absolute atomic E-state index is 13.6. The van der Waals surface area contributed by atoms with Crippen LogP contribution in [0.4, 0.5) is 0 Å². The number of piperazine rings is 1. The van der Waals surface area contributed by atoms with Gasteiger partial charge in [-0.05, 0) is 39.0 Å². The zero-order valence-electron chi connectivity index (χ0n) is 17.9. The molecule has 166 valence electrons. The van der Waals surface area contributed by atoms with E-state index in [0.29, 0.717) is 66.3 Å². The lowest BCUT2D eigenvalue weighted by Crippen LogP contribution is -2.52. The quantitative estimate of drug-likeness (QED) is 0.666. The van der Waals surface area contributed by atoms with Gasteiger partial charge in [0.25, 0.3) is 5.91 Å². The fraction of sp³-hybridized carbons (Fsp3) is 0.391. The molecule has 1 aliphatic rings. The molecule has 1 heterocycles. The molecule has 1 saturated heterocycles. The number of carbonyl (C=O) groups excluding carboxylic acids is 2. The number of hydrogen-bond donors (Lipinski definition) is 1. The zero-order chi connectivity index (χ0) is 22.4. The summed E-state index contributed by atoms with van der Waals surface area (Å²) < 4.78 is 17.2. The third-order valence-corrected chi connectivity index (χ3v) is 5.17. The van der Waals surface area contributed by atoms with E-state index in [9.17, 15) is 9.59 Å². The minimum atomic E-state index is -0.826. The second-order valence-corrected chi connectivity index (χ2v) is 7.22. The Morgan fingerprint density at radius 3 is 2.26 bits per heavy atom. The van der Waals surface area contributed by atoms with Gasteiger partial charge in [0.15, 0.2) is 11.5 Å². The maximum Gasteiger partial charge on any atom is 0.255 e. The second kappa shape index (κ2) is 10.4. The number of amides is 2. The SMILES string of the molecule is CCOc1cc(C(=O)N2CCNC(=O)C2c2ccccc2Cl)cc(OCC)c1OCC. The van der Waals surface area contributed by atoms with Crippen LogP contribution in [0.15, 0.2) is 36.4 Å². The van der Waals surface area contributed by atoms with Crippen molar-refractivity contribution >= 4 is 23.4 Å². The largest absolute Gasteiger partial charge is 0.490 e. The number of halogens is 1. The van der Waals surface area contributed by atoms with Crippen molar-refractivity contribution in [3.63, 3.8) is 0 Å². The van der Waals surface area contributed by atoms with Gasteiger partial charge in [-0.25, -0.2) is 0 Å². The summed E-state index contributed by atoms with van der Waals surface area (Å²) in [7, 11) is 0. The van der Waals surface area contributed by atoms with Crippen LogP contribution in [0, 0.1) is 0 Å². The lowest BCUT2D eigenvalue weighted by atomic mass is 10.0. The number of rotatable bonds is 8. The summed E-state index contributed by atoms with van der Waals surface area (Å²) in [6.07, 6.45) is 0. The molecule has 2 aromatic rings. The van der Waals surface area contributed by atoms with Crippen molar-refractivity contribution < 1.29 is 23.8 Å². The Hall–Kier alpha value is -2.93. The van der Waals surface area contributed by atoms with Crippen molar-refractivity contribution in [2.24, 2.45) is 0 Å². The van der Waals surface area contributed by atoms with Gasteiger partial charge in [-0.3, -0.25) is 9.59 Å². The Bertz CT molecular complexity index is 922. The van der Waals surface area contributed by atoms with Crippen molar-refractivity contribution in [2.45, 2.75) is 26.8 Å². The van der Waals surface area contributed by atoms with Gasteiger partial charge < -0.3 is 24.4 Å². The number of carbonyl (C=O) groups is 2. The summed E-state index contributed by atoms with van der Waals surface area (Å²) in [5, 5.41) is 3.25. The van der Waals surface area contributed by atoms with Gasteiger partial charge in [0.1, 0.15) is 6.04 Å². The summed E-state index contributed by atoms with van der Waals surface area (Å²) in [5.74, 6) is 0.726. The van der Waals surface area contributed by atoms with Crippen LogP contribution in [0.25, 0.3) is 0 Å². The highest BCUT2D eigenvalue weighted by atomic mass is 35.5. The molecular weight excluding hydrogens is 420 g/mol. The van der Waals surface area contributed by atoms with E-state index < -0.39 is 6.04 Å². The molecule has 0 spiro atoms. The minimum absolute atomic E-state index is 0.270. The maximum atomic E-state index is 13.6. The predicted molar refractivity (Wildman–Crippen MR) is 118 cm³/mol. The molecule has 31 heavy (non-hydrogen) atoms. The fourth-order valence-electron chi connectivity index (χ4n) is 3.57. The number of hydrogen-bond acceptors (Lipinski definition) is 5. The van der Waals surface area contributed by atoms with Crippen LogP contribution in [0.2, 0.25) is 5.02 Å². The highest BCUT2D eigenvalue weighted by Gasteiger charge is 2.36. The monoisotopic (exact) mass is 446 g/mol. The highest BCUT2D eigenvalue weighted by molar-refractivity contribution is 6.31. The summed E-state index contributed by atoms with van der Waals surface area (Å²) in [6.45, 7) is 7.51. The van der Waals surface area contributed by atoms with Crippen LogP contribution in [-0.4, -0.2) is 49.6 Å². The Morgan fingerprint density at radius 1 is 1.06 bits per heavy atom. The zero-order valence-corrected chi connectivity index (χ0v) is 18.7. The molecule has 7 nitrogen and oxygen atoms in total. The summed E-state index contributed by atoms with van der Waals surface area (Å²) in [6, 6.07) is 9.49. The first-order valence-electron chi connectivity index (χ1n) is 10.4. The van der Waals surface area contributed by atoms with Crippen molar-refractivity contribution in [3.05, 3.63) is 52.5 Å². The Labute approximate surface area is 187 Å². The molecule has 1 aliphatic heterocycles. The number of nitrogens with one attached hydrogen (secondary N) is 1. The summed E-state index contributed by atoms with van der Waals surface area (Å²) in [4.78, 5) is 27.8. The molecule has 1 atom stereocenters. The van der Waals surface area contributed by atoms with E-state index in [1.54, 1.807) is 36.4 Å². The van der Waals surface area contributed by atoms with E-state index >= 15 is 0 Å². The minimum Gasteiger partial charge on any atom is -0.490 e. The number of ether oxygens (including phenoxy) is 3. The van der Waals surface area contributed by atoms with Crippen molar-refractivity contribution in [1.29, 1.82) is 0 Å². The second-order valence-electron chi connectivity index (χ2n) is 6.81. The van der Waals surface area contributed by atoms with Gasteiger partial charge in [0, 0.05) is 29.2 Å². The van der Waals surface area contributed by atoms with Crippen LogP contribution < -0.4 is 19.5 Å². The molecule has 0 bridgehead atoms. The molecule has 8 heteroatoms. The van der Waals surface area contributed by atoms with Gasteiger partial charge in [-0.1, -0.05) is 29.8 Å². The normalized spacial score (nSPS) is 15.9. The first kappa shape index (κ1) is 22.7. The average molecular weight is 447 g/mol. The highest BCUT2D eigenvalue weighted by Crippen LogP contribution is 2.40. The molecule has 0 radical (unpaired) electrons. The summed E-state index contributed by atoms with van der Waals surface area (Å²) >= 11 is 6.35. The number of benzene rings is 2. The van der Waals surface area contributed by atoms with Crippen molar-refractivity contribution in [2.75, 3.05) is 32.9 Å². The Balaban J connectivity index is 2.05. The van der Waals surface area contributed by atoms with Crippen molar-refractivity contribution in [1.82, 2.24) is 10.2 Å². The molecule has 1 N–H and O–H groups in total. The first-order valence-corrected chi connectivity index (χ1v) is 10.8. The predicted octanol–water partition coefficient (Wildman–Crippen LogP) is 3.85. The van der Waals surface area contributed by atoms with E-state index in [-0.39, 0.29) is 11.8 Å². The molecule has 1 unspecified atom stereocenters. The van der Waals surface area contributed by atoms with E-state index in [0.717, 1.165) is 0 Å². The molecular formula is C23H27ClN2O5. The smallest absolute Gasteiger partial charge is 0.255 e. The molecule has 3 rings (SSSR count). The topological polar surface area (TPSA) is 77.1 Å². The lowest BCUT2D eigenvalue weighted by Gasteiger charge is -2.36. The van der Waals surface area contributed by atoms with Gasteiger partial charge in [-0.15, -0.1) is 0 Å². The van der Waals surface area contributed by atoms with Gasteiger partial charge in [0.2, 0.25) is 11.7 Å². The fourth-order valence-corrected chi connectivity index (χ4v) is 3.81. The van der Waals surface area contributed by atoms with E-state index in [2.05, 4.69) is 5.32 Å². The molecule has 0 saturated carbocycles. The Kier molecular flexibility index (Phi) is 7.63. The van der Waals surface area contributed by atoms with Crippen LogP contribution in [-0.2, 0) is 4.79 Å². The molecule has 0 aliphatic carbocycles. The van der Waals surface area contributed by atoms with Crippen LogP contribution in [0.1, 0.15) is 42.7 Å². The van der Waals surface area contributed by atoms with Crippen LogP contribution in [0.3, 0.4) is 0 Å². The first-order chi connectivity index (χ1) is 15.0. The van der Waals surface area contributed by atoms with Gasteiger partial charge in [-0.2, -0.15) is 0 Å². The standard InChI is InChI=1S/C23H27ClN2O5/c1-4-29-18-13-15(14-19(30-5-2)21(18)31-6-3)23(28)26-12-11-25-22(27)20(26)16-9-7-8-10-17(16)24/h7-10,13-14,20H,4-6,11-12H2,1-3H3,(H,25,27). The van der Waals surface area contributed by atoms with Crippen LogP contribution >= 0.6 is 11.6 Å². The number of nitrogens with zero attached hydrogens (tertiary/aromatic N) is 1. The van der Waals surface area contributed by atoms with Gasteiger partial charge >= 0.3 is 0 Å². The Morgan fingerprint density at radius 2 is 1.68 bits per heavy atom. The van der Waals surface area contributed by atoms with E-state index in [4.69, 9.17) is 25.8 Å². The summed E-state index contributed by atoms with van der Waals surface area (Å²) in [5.41, 5.74) is 0.929. The third kappa shape index (κ3) is 4.88.